The number of halogens is 4. The normalized spacial score (nSPS) is 11.3. The van der Waals surface area contributed by atoms with Crippen molar-refractivity contribution in [3.63, 3.8) is 0 Å². The number of hydrogen-bond donors (Lipinski definition) is 0. The summed E-state index contributed by atoms with van der Waals surface area (Å²) in [6, 6.07) is 1.22. The molecule has 3 nitrogen and oxygen atoms in total. The van der Waals surface area contributed by atoms with Gasteiger partial charge in [-0.15, -0.1) is 13.2 Å². The SMILES string of the molecule is Cc1nc(I)cc(C=O)c1OC(F)(F)F. The van der Waals surface area contributed by atoms with E-state index in [9.17, 15) is 18.0 Å². The first-order chi connectivity index (χ1) is 6.83. The van der Waals surface area contributed by atoms with Crippen LogP contribution in [0.1, 0.15) is 16.1 Å². The summed E-state index contributed by atoms with van der Waals surface area (Å²) in [6.07, 6.45) is -4.52. The van der Waals surface area contributed by atoms with E-state index in [-0.39, 0.29) is 11.3 Å². The van der Waals surface area contributed by atoms with Gasteiger partial charge in [0.2, 0.25) is 0 Å². The largest absolute Gasteiger partial charge is 0.573 e. The standard InChI is InChI=1S/C8H5F3INO2/c1-4-7(15-8(9,10)11)5(3-14)2-6(12)13-4/h2-3H,1H3. The summed E-state index contributed by atoms with van der Waals surface area (Å²) >= 11 is 1.80. The van der Waals surface area contributed by atoms with Gasteiger partial charge in [-0.3, -0.25) is 4.79 Å². The topological polar surface area (TPSA) is 39.2 Å². The van der Waals surface area contributed by atoms with Crippen molar-refractivity contribution in [1.82, 2.24) is 4.98 Å². The number of hydrogen-bond acceptors (Lipinski definition) is 3. The molecule has 0 aliphatic heterocycles. The van der Waals surface area contributed by atoms with Gasteiger partial charge in [-0.2, -0.15) is 0 Å². The molecule has 0 fully saturated rings. The van der Waals surface area contributed by atoms with Crippen LogP contribution in [0, 0.1) is 10.6 Å². The number of ether oxygens (including phenoxy) is 1. The van der Waals surface area contributed by atoms with E-state index in [2.05, 4.69) is 9.72 Å². The Morgan fingerprint density at radius 1 is 1.53 bits per heavy atom. The molecule has 0 saturated heterocycles. The molecule has 0 unspecified atom stereocenters. The molecule has 0 aromatic carbocycles. The predicted octanol–water partition coefficient (Wildman–Crippen LogP) is 2.71. The van der Waals surface area contributed by atoms with Gasteiger partial charge in [0.25, 0.3) is 0 Å². The highest BCUT2D eigenvalue weighted by Crippen LogP contribution is 2.28. The van der Waals surface area contributed by atoms with Crippen LogP contribution >= 0.6 is 22.6 Å². The number of rotatable bonds is 2. The maximum absolute atomic E-state index is 12.0. The van der Waals surface area contributed by atoms with E-state index in [4.69, 9.17) is 0 Å². The molecule has 82 valence electrons. The average Bonchev–Trinajstić information content (AvgIpc) is 2.07. The summed E-state index contributed by atoms with van der Waals surface area (Å²) in [6.45, 7) is 1.34. The van der Waals surface area contributed by atoms with Crippen LogP contribution in [-0.2, 0) is 0 Å². The minimum atomic E-state index is -4.82. The second-order valence-corrected chi connectivity index (χ2v) is 3.72. The molecule has 0 radical (unpaired) electrons. The van der Waals surface area contributed by atoms with E-state index >= 15 is 0 Å². The number of pyridine rings is 1. The number of carbonyl (C=O) groups excluding carboxylic acids is 1. The number of aldehydes is 1. The zero-order valence-electron chi connectivity index (χ0n) is 7.43. The number of alkyl halides is 3. The van der Waals surface area contributed by atoms with Crippen molar-refractivity contribution in [3.05, 3.63) is 21.0 Å². The first-order valence-electron chi connectivity index (χ1n) is 3.71. The van der Waals surface area contributed by atoms with Crippen molar-refractivity contribution in [1.29, 1.82) is 0 Å². The number of aromatic nitrogens is 1. The van der Waals surface area contributed by atoms with Crippen molar-refractivity contribution in [3.8, 4) is 5.75 Å². The van der Waals surface area contributed by atoms with Crippen molar-refractivity contribution in [2.75, 3.05) is 0 Å². The number of carbonyl (C=O) groups is 1. The Bertz CT molecular complexity index is 392. The molecule has 1 aromatic rings. The van der Waals surface area contributed by atoms with E-state index in [1.807, 2.05) is 0 Å². The molecule has 1 aromatic heterocycles. The van der Waals surface area contributed by atoms with Crippen LogP contribution in [0.4, 0.5) is 13.2 Å². The third-order valence-corrected chi connectivity index (χ3v) is 2.04. The van der Waals surface area contributed by atoms with E-state index in [0.717, 1.165) is 0 Å². The molecule has 15 heavy (non-hydrogen) atoms. The summed E-state index contributed by atoms with van der Waals surface area (Å²) in [5.41, 5.74) is -0.134. The Labute approximate surface area is 96.8 Å². The Morgan fingerprint density at radius 2 is 2.13 bits per heavy atom. The van der Waals surface area contributed by atoms with Crippen LogP contribution in [0.25, 0.3) is 0 Å². The highest BCUT2D eigenvalue weighted by molar-refractivity contribution is 14.1. The molecule has 7 heteroatoms. The molecule has 0 spiro atoms. The van der Waals surface area contributed by atoms with Crippen molar-refractivity contribution in [2.24, 2.45) is 0 Å². The molecule has 0 amide bonds. The van der Waals surface area contributed by atoms with Gasteiger partial charge < -0.3 is 4.74 Å². The summed E-state index contributed by atoms with van der Waals surface area (Å²) in [5.74, 6) is -0.544. The molecule has 0 N–H and O–H groups in total. The zero-order valence-corrected chi connectivity index (χ0v) is 9.59. The summed E-state index contributed by atoms with van der Waals surface area (Å²) in [5, 5.41) is 0. The second-order valence-electron chi connectivity index (χ2n) is 2.61. The highest BCUT2D eigenvalue weighted by Gasteiger charge is 2.33. The van der Waals surface area contributed by atoms with Crippen LogP contribution in [0.5, 0.6) is 5.75 Å². The average molecular weight is 331 g/mol. The molecule has 0 atom stereocenters. The van der Waals surface area contributed by atoms with Crippen molar-refractivity contribution in [2.45, 2.75) is 13.3 Å². The van der Waals surface area contributed by atoms with Gasteiger partial charge in [0.1, 0.15) is 3.70 Å². The molecule has 1 rings (SSSR count). The quantitative estimate of drug-likeness (QED) is 0.475. The summed E-state index contributed by atoms with van der Waals surface area (Å²) in [7, 11) is 0. The van der Waals surface area contributed by atoms with E-state index in [1.165, 1.54) is 13.0 Å². The fourth-order valence-corrected chi connectivity index (χ4v) is 1.68. The third kappa shape index (κ3) is 3.33. The van der Waals surface area contributed by atoms with Crippen LogP contribution < -0.4 is 4.74 Å². The molecule has 0 aliphatic rings. The highest BCUT2D eigenvalue weighted by atomic mass is 127. The third-order valence-electron chi connectivity index (χ3n) is 1.48. The fraction of sp³-hybridized carbons (Fsp3) is 0.250. The van der Waals surface area contributed by atoms with Crippen LogP contribution in [-0.4, -0.2) is 17.6 Å². The summed E-state index contributed by atoms with van der Waals surface area (Å²) < 4.78 is 40.1. The van der Waals surface area contributed by atoms with E-state index in [1.54, 1.807) is 22.6 Å². The van der Waals surface area contributed by atoms with Gasteiger partial charge in [0.15, 0.2) is 12.0 Å². The first kappa shape index (κ1) is 12.2. The first-order valence-corrected chi connectivity index (χ1v) is 4.79. The van der Waals surface area contributed by atoms with Gasteiger partial charge in [0, 0.05) is 0 Å². The van der Waals surface area contributed by atoms with Crippen LogP contribution in [0.3, 0.4) is 0 Å². The lowest BCUT2D eigenvalue weighted by molar-refractivity contribution is -0.275. The lowest BCUT2D eigenvalue weighted by Crippen LogP contribution is -2.19. The lowest BCUT2D eigenvalue weighted by Gasteiger charge is -2.12. The number of nitrogens with zero attached hydrogens (tertiary/aromatic N) is 1. The van der Waals surface area contributed by atoms with E-state index < -0.39 is 12.1 Å². The molecular weight excluding hydrogens is 326 g/mol. The molecule has 0 saturated carbocycles. The molecule has 0 bridgehead atoms. The monoisotopic (exact) mass is 331 g/mol. The fourth-order valence-electron chi connectivity index (χ4n) is 0.982. The van der Waals surface area contributed by atoms with Gasteiger partial charge in [-0.25, -0.2) is 4.98 Å². The second kappa shape index (κ2) is 4.33. The predicted molar refractivity (Wildman–Crippen MR) is 53.8 cm³/mol. The Hall–Kier alpha value is -0.860. The van der Waals surface area contributed by atoms with Gasteiger partial charge >= 0.3 is 6.36 Å². The number of aryl methyl sites for hydroxylation is 1. The Morgan fingerprint density at radius 3 is 2.60 bits per heavy atom. The molecule has 1 heterocycles. The maximum Gasteiger partial charge on any atom is 0.573 e. The van der Waals surface area contributed by atoms with Crippen LogP contribution in [0.2, 0.25) is 0 Å². The van der Waals surface area contributed by atoms with Gasteiger partial charge in [-0.05, 0) is 35.6 Å². The van der Waals surface area contributed by atoms with E-state index in [0.29, 0.717) is 9.99 Å². The maximum atomic E-state index is 12.0. The van der Waals surface area contributed by atoms with Gasteiger partial charge in [0.05, 0.1) is 11.3 Å². The van der Waals surface area contributed by atoms with Crippen molar-refractivity contribution < 1.29 is 22.7 Å². The lowest BCUT2D eigenvalue weighted by atomic mass is 10.2. The molecule has 0 aliphatic carbocycles. The zero-order chi connectivity index (χ0) is 11.6. The minimum Gasteiger partial charge on any atom is -0.403 e. The Kier molecular flexibility index (Phi) is 3.53. The molecular formula is C8H5F3INO2. The van der Waals surface area contributed by atoms with Crippen molar-refractivity contribution >= 4 is 28.9 Å². The van der Waals surface area contributed by atoms with Gasteiger partial charge in [-0.1, -0.05) is 0 Å². The minimum absolute atomic E-state index is 0.0290. The smallest absolute Gasteiger partial charge is 0.403 e. The summed E-state index contributed by atoms with van der Waals surface area (Å²) in [4.78, 5) is 14.3. The Balaban J connectivity index is 3.21. The van der Waals surface area contributed by atoms with Crippen LogP contribution in [0.15, 0.2) is 6.07 Å².